The summed E-state index contributed by atoms with van der Waals surface area (Å²) in [7, 11) is 0. The Hall–Kier alpha value is -1.88. The Morgan fingerprint density at radius 1 is 1.44 bits per heavy atom. The molecule has 1 heterocycles. The first kappa shape index (κ1) is 12.6. The molecule has 1 aromatic carbocycles. The molecule has 1 fully saturated rings. The Bertz CT molecular complexity index is 473. The van der Waals surface area contributed by atoms with Crippen molar-refractivity contribution >= 4 is 17.6 Å². The Morgan fingerprint density at radius 3 is 2.83 bits per heavy atom. The van der Waals surface area contributed by atoms with Crippen LogP contribution < -0.4 is 10.6 Å². The lowest BCUT2D eigenvalue weighted by atomic mass is 10.1. The van der Waals surface area contributed by atoms with E-state index in [0.29, 0.717) is 11.6 Å². The van der Waals surface area contributed by atoms with Gasteiger partial charge in [-0.25, -0.2) is 4.79 Å². The SMILES string of the molecule is CC1CNC(C(=O)Nc2cccc(C(=O)O)c2)C1. The zero-order valence-electron chi connectivity index (χ0n) is 10.1. The fourth-order valence-corrected chi connectivity index (χ4v) is 2.07. The van der Waals surface area contributed by atoms with Crippen molar-refractivity contribution in [3.63, 3.8) is 0 Å². The summed E-state index contributed by atoms with van der Waals surface area (Å²) in [6, 6.07) is 6.06. The molecule has 1 aromatic rings. The van der Waals surface area contributed by atoms with Crippen molar-refractivity contribution in [2.75, 3.05) is 11.9 Å². The van der Waals surface area contributed by atoms with Crippen LogP contribution in [0.1, 0.15) is 23.7 Å². The van der Waals surface area contributed by atoms with Gasteiger partial charge in [0, 0.05) is 5.69 Å². The number of carboxylic acids is 1. The van der Waals surface area contributed by atoms with Crippen molar-refractivity contribution in [1.82, 2.24) is 5.32 Å². The first-order valence-electron chi connectivity index (χ1n) is 5.94. The molecule has 18 heavy (non-hydrogen) atoms. The number of rotatable bonds is 3. The minimum atomic E-state index is -1.00. The van der Waals surface area contributed by atoms with E-state index >= 15 is 0 Å². The average Bonchev–Trinajstić information content (AvgIpc) is 2.76. The molecule has 2 atom stereocenters. The largest absolute Gasteiger partial charge is 0.478 e. The molecule has 1 aliphatic rings. The minimum absolute atomic E-state index is 0.109. The van der Waals surface area contributed by atoms with Crippen LogP contribution >= 0.6 is 0 Å². The van der Waals surface area contributed by atoms with Gasteiger partial charge in [0.2, 0.25) is 5.91 Å². The third-order valence-electron chi connectivity index (χ3n) is 3.04. The molecule has 3 N–H and O–H groups in total. The average molecular weight is 248 g/mol. The molecule has 5 nitrogen and oxygen atoms in total. The number of hydrogen-bond donors (Lipinski definition) is 3. The highest BCUT2D eigenvalue weighted by Crippen LogP contribution is 2.16. The molecule has 96 valence electrons. The molecule has 0 aromatic heterocycles. The van der Waals surface area contributed by atoms with Crippen LogP contribution in [-0.4, -0.2) is 29.6 Å². The van der Waals surface area contributed by atoms with Crippen LogP contribution in [0.5, 0.6) is 0 Å². The summed E-state index contributed by atoms with van der Waals surface area (Å²) in [6.45, 7) is 2.93. The van der Waals surface area contributed by atoms with Gasteiger partial charge in [0.05, 0.1) is 11.6 Å². The highest BCUT2D eigenvalue weighted by molar-refractivity contribution is 5.96. The van der Waals surface area contributed by atoms with Crippen LogP contribution in [0.3, 0.4) is 0 Å². The maximum atomic E-state index is 11.9. The normalized spacial score (nSPS) is 22.7. The maximum absolute atomic E-state index is 11.9. The zero-order valence-corrected chi connectivity index (χ0v) is 10.1. The van der Waals surface area contributed by atoms with E-state index in [1.54, 1.807) is 12.1 Å². The number of amides is 1. The molecule has 2 rings (SSSR count). The number of hydrogen-bond acceptors (Lipinski definition) is 3. The van der Waals surface area contributed by atoms with E-state index in [9.17, 15) is 9.59 Å². The first-order valence-corrected chi connectivity index (χ1v) is 5.94. The van der Waals surface area contributed by atoms with Crippen molar-refractivity contribution in [2.45, 2.75) is 19.4 Å². The Kier molecular flexibility index (Phi) is 3.62. The van der Waals surface area contributed by atoms with Crippen molar-refractivity contribution in [2.24, 2.45) is 5.92 Å². The molecule has 0 bridgehead atoms. The Balaban J connectivity index is 2.03. The third-order valence-corrected chi connectivity index (χ3v) is 3.04. The summed E-state index contributed by atoms with van der Waals surface area (Å²) >= 11 is 0. The maximum Gasteiger partial charge on any atom is 0.335 e. The van der Waals surface area contributed by atoms with Gasteiger partial charge in [-0.15, -0.1) is 0 Å². The van der Waals surface area contributed by atoms with Gasteiger partial charge in [-0.3, -0.25) is 4.79 Å². The fraction of sp³-hybridized carbons (Fsp3) is 0.385. The van der Waals surface area contributed by atoms with E-state index in [4.69, 9.17) is 5.11 Å². The Morgan fingerprint density at radius 2 is 2.22 bits per heavy atom. The summed E-state index contributed by atoms with van der Waals surface area (Å²) in [5.41, 5.74) is 0.682. The van der Waals surface area contributed by atoms with E-state index in [2.05, 4.69) is 17.6 Å². The molecule has 1 aliphatic heterocycles. The number of carboxylic acid groups (broad SMARTS) is 1. The van der Waals surface area contributed by atoms with Gasteiger partial charge < -0.3 is 15.7 Å². The summed E-state index contributed by atoms with van der Waals surface area (Å²) in [6.07, 6.45) is 0.810. The highest BCUT2D eigenvalue weighted by atomic mass is 16.4. The second-order valence-electron chi connectivity index (χ2n) is 4.68. The van der Waals surface area contributed by atoms with Crippen LogP contribution in [0, 0.1) is 5.92 Å². The highest BCUT2D eigenvalue weighted by Gasteiger charge is 2.26. The predicted octanol–water partition coefficient (Wildman–Crippen LogP) is 1.32. The van der Waals surface area contributed by atoms with Gasteiger partial charge >= 0.3 is 5.97 Å². The van der Waals surface area contributed by atoms with Gasteiger partial charge in [0.1, 0.15) is 0 Å². The van der Waals surface area contributed by atoms with E-state index in [-0.39, 0.29) is 17.5 Å². The molecule has 2 unspecified atom stereocenters. The summed E-state index contributed by atoms with van der Waals surface area (Å²) < 4.78 is 0. The number of anilines is 1. The number of benzene rings is 1. The van der Waals surface area contributed by atoms with E-state index < -0.39 is 5.97 Å². The minimum Gasteiger partial charge on any atom is -0.478 e. The quantitative estimate of drug-likeness (QED) is 0.754. The molecule has 1 saturated heterocycles. The van der Waals surface area contributed by atoms with Crippen LogP contribution in [0.4, 0.5) is 5.69 Å². The van der Waals surface area contributed by atoms with Crippen LogP contribution in [0.25, 0.3) is 0 Å². The van der Waals surface area contributed by atoms with Crippen LogP contribution in [0.15, 0.2) is 24.3 Å². The monoisotopic (exact) mass is 248 g/mol. The molecule has 0 spiro atoms. The summed E-state index contributed by atoms with van der Waals surface area (Å²) in [5.74, 6) is -0.619. The van der Waals surface area contributed by atoms with Gasteiger partial charge in [0.25, 0.3) is 0 Å². The molecule has 0 radical (unpaired) electrons. The topological polar surface area (TPSA) is 78.4 Å². The van der Waals surface area contributed by atoms with E-state index in [1.807, 2.05) is 0 Å². The van der Waals surface area contributed by atoms with Crippen molar-refractivity contribution < 1.29 is 14.7 Å². The van der Waals surface area contributed by atoms with Crippen molar-refractivity contribution in [3.05, 3.63) is 29.8 Å². The molecular weight excluding hydrogens is 232 g/mol. The van der Waals surface area contributed by atoms with Crippen molar-refractivity contribution in [1.29, 1.82) is 0 Å². The fourth-order valence-electron chi connectivity index (χ4n) is 2.07. The number of nitrogens with one attached hydrogen (secondary N) is 2. The van der Waals surface area contributed by atoms with Crippen LogP contribution in [-0.2, 0) is 4.79 Å². The lowest BCUT2D eigenvalue weighted by molar-refractivity contribution is -0.117. The van der Waals surface area contributed by atoms with Crippen molar-refractivity contribution in [3.8, 4) is 0 Å². The number of aromatic carboxylic acids is 1. The molecular formula is C13H16N2O3. The van der Waals surface area contributed by atoms with Crippen LogP contribution in [0.2, 0.25) is 0 Å². The smallest absolute Gasteiger partial charge is 0.335 e. The lowest BCUT2D eigenvalue weighted by Gasteiger charge is -2.11. The van der Waals surface area contributed by atoms with E-state index in [1.165, 1.54) is 12.1 Å². The number of carbonyl (C=O) groups excluding carboxylic acids is 1. The first-order chi connectivity index (χ1) is 8.56. The van der Waals surface area contributed by atoms with Gasteiger partial charge in [-0.2, -0.15) is 0 Å². The Labute approximate surface area is 105 Å². The molecule has 5 heteroatoms. The zero-order chi connectivity index (χ0) is 13.1. The molecule has 0 saturated carbocycles. The summed E-state index contributed by atoms with van der Waals surface area (Å²) in [4.78, 5) is 22.7. The molecule has 0 aliphatic carbocycles. The third kappa shape index (κ3) is 2.87. The summed E-state index contributed by atoms with van der Waals surface area (Å²) in [5, 5.41) is 14.7. The second kappa shape index (κ2) is 5.18. The predicted molar refractivity (Wildman–Crippen MR) is 67.6 cm³/mol. The molecule has 1 amide bonds. The van der Waals surface area contributed by atoms with E-state index in [0.717, 1.165) is 13.0 Å². The number of carbonyl (C=O) groups is 2. The van der Waals surface area contributed by atoms with Gasteiger partial charge in [0.15, 0.2) is 0 Å². The standard InChI is InChI=1S/C13H16N2O3/c1-8-5-11(14-7-8)12(16)15-10-4-2-3-9(6-10)13(17)18/h2-4,6,8,11,14H,5,7H2,1H3,(H,15,16)(H,17,18). The second-order valence-corrected chi connectivity index (χ2v) is 4.68. The van der Waals surface area contributed by atoms with Gasteiger partial charge in [-0.1, -0.05) is 13.0 Å². The lowest BCUT2D eigenvalue weighted by Crippen LogP contribution is -2.35. The van der Waals surface area contributed by atoms with Gasteiger partial charge in [-0.05, 0) is 37.1 Å².